The maximum Gasteiger partial charge on any atom is 0.321 e. The van der Waals surface area contributed by atoms with Gasteiger partial charge in [-0.05, 0) is 13.3 Å². The molecule has 0 aliphatic rings. The number of esters is 1. The third-order valence-electron chi connectivity index (χ3n) is 2.78. The van der Waals surface area contributed by atoms with Crippen LogP contribution in [-0.2, 0) is 19.4 Å². The van der Waals surface area contributed by atoms with E-state index in [4.69, 9.17) is 0 Å². The Labute approximate surface area is 118 Å². The van der Waals surface area contributed by atoms with Crippen molar-refractivity contribution in [1.82, 2.24) is 0 Å². The molecule has 5 nitrogen and oxygen atoms in total. The molecule has 1 aromatic rings. The van der Waals surface area contributed by atoms with Crippen LogP contribution in [0.5, 0.6) is 0 Å². The molecule has 0 saturated heterocycles. The summed E-state index contributed by atoms with van der Waals surface area (Å²) in [6.07, 6.45) is 0.121. The molecule has 6 heteroatoms. The molecule has 0 bridgehead atoms. The zero-order valence-corrected chi connectivity index (χ0v) is 12.4. The van der Waals surface area contributed by atoms with Gasteiger partial charge in [0.25, 0.3) is 0 Å². The van der Waals surface area contributed by atoms with Gasteiger partial charge >= 0.3 is 5.97 Å². The second-order valence-corrected chi connectivity index (χ2v) is 6.42. The van der Waals surface area contributed by atoms with Gasteiger partial charge in [0.2, 0.25) is 0 Å². The van der Waals surface area contributed by atoms with Gasteiger partial charge in [0, 0.05) is 5.56 Å². The summed E-state index contributed by atoms with van der Waals surface area (Å²) >= 11 is 0. The lowest BCUT2D eigenvalue weighted by Crippen LogP contribution is -2.34. The van der Waals surface area contributed by atoms with E-state index in [1.165, 1.54) is 0 Å². The predicted molar refractivity (Wildman–Crippen MR) is 75.3 cm³/mol. The minimum Gasteiger partial charge on any atom is -0.465 e. The monoisotopic (exact) mass is 298 g/mol. The fraction of sp³-hybridized carbons (Fsp3) is 0.429. The van der Waals surface area contributed by atoms with E-state index in [0.29, 0.717) is 5.56 Å². The average Bonchev–Trinajstić information content (AvgIpc) is 2.39. The highest BCUT2D eigenvalue weighted by Crippen LogP contribution is 2.15. The minimum absolute atomic E-state index is 0.109. The first-order valence-corrected chi connectivity index (χ1v) is 8.10. The number of ketones is 1. The molecular formula is C14H18O5S. The first-order chi connectivity index (χ1) is 9.42. The Hall–Kier alpha value is -1.69. The molecule has 0 aliphatic carbocycles. The number of ether oxygens (including phenoxy) is 1. The van der Waals surface area contributed by atoms with Crippen molar-refractivity contribution in [2.75, 3.05) is 12.4 Å². The van der Waals surface area contributed by atoms with E-state index in [9.17, 15) is 18.0 Å². The summed E-state index contributed by atoms with van der Waals surface area (Å²) in [6.45, 7) is 3.31. The van der Waals surface area contributed by atoms with E-state index in [0.717, 1.165) is 0 Å². The van der Waals surface area contributed by atoms with Crippen LogP contribution in [0.25, 0.3) is 0 Å². The van der Waals surface area contributed by atoms with Gasteiger partial charge in [0.15, 0.2) is 15.6 Å². The van der Waals surface area contributed by atoms with Gasteiger partial charge in [-0.2, -0.15) is 0 Å². The third-order valence-corrected chi connectivity index (χ3v) is 4.83. The molecule has 0 aliphatic heterocycles. The van der Waals surface area contributed by atoms with Crippen LogP contribution < -0.4 is 0 Å². The smallest absolute Gasteiger partial charge is 0.321 e. The third kappa shape index (κ3) is 4.16. The predicted octanol–water partition coefficient (Wildman–Crippen LogP) is 1.63. The summed E-state index contributed by atoms with van der Waals surface area (Å²) in [5, 5.41) is -1.21. The van der Waals surface area contributed by atoms with Crippen LogP contribution in [-0.4, -0.2) is 37.8 Å². The fourth-order valence-corrected chi connectivity index (χ4v) is 3.44. The molecule has 1 aromatic carbocycles. The van der Waals surface area contributed by atoms with Gasteiger partial charge in [-0.1, -0.05) is 37.3 Å². The van der Waals surface area contributed by atoms with E-state index in [2.05, 4.69) is 4.74 Å². The zero-order chi connectivity index (χ0) is 15.2. The second-order valence-electron chi connectivity index (χ2n) is 4.24. The highest BCUT2D eigenvalue weighted by Gasteiger charge is 2.33. The van der Waals surface area contributed by atoms with Gasteiger partial charge in [0.05, 0.1) is 6.61 Å². The van der Waals surface area contributed by atoms with Gasteiger partial charge in [0.1, 0.15) is 11.0 Å². The Bertz CT molecular complexity index is 562. The highest BCUT2D eigenvalue weighted by atomic mass is 32.2. The topological polar surface area (TPSA) is 77.5 Å². The lowest BCUT2D eigenvalue weighted by atomic mass is 10.1. The lowest BCUT2D eigenvalue weighted by Gasteiger charge is -2.14. The van der Waals surface area contributed by atoms with Crippen molar-refractivity contribution in [2.45, 2.75) is 25.5 Å². The largest absolute Gasteiger partial charge is 0.465 e. The van der Waals surface area contributed by atoms with E-state index in [-0.39, 0.29) is 13.0 Å². The van der Waals surface area contributed by atoms with Crippen molar-refractivity contribution in [3.8, 4) is 0 Å². The maximum absolute atomic E-state index is 12.2. The molecular weight excluding hydrogens is 280 g/mol. The first kappa shape index (κ1) is 16.4. The molecule has 0 saturated carbocycles. The number of Topliss-reactive ketones (excluding diaryl/α,β-unsaturated/α-hetero) is 1. The van der Waals surface area contributed by atoms with Crippen LogP contribution in [0, 0.1) is 0 Å². The van der Waals surface area contributed by atoms with E-state index < -0.39 is 32.6 Å². The van der Waals surface area contributed by atoms with Crippen molar-refractivity contribution in [1.29, 1.82) is 0 Å². The Balaban J connectivity index is 2.95. The number of rotatable bonds is 7. The standard InChI is InChI=1S/C14H18O5S/c1-3-12(14(16)11-8-6-5-7-9-11)20(17,18)10-13(15)19-4-2/h5-9,12H,3-4,10H2,1-2H3. The molecule has 0 aromatic heterocycles. The quantitative estimate of drug-likeness (QED) is 0.565. The second kappa shape index (κ2) is 7.19. The lowest BCUT2D eigenvalue weighted by molar-refractivity contribution is -0.139. The molecule has 0 heterocycles. The Morgan fingerprint density at radius 3 is 2.25 bits per heavy atom. The van der Waals surface area contributed by atoms with Gasteiger partial charge < -0.3 is 4.74 Å². The number of benzene rings is 1. The van der Waals surface area contributed by atoms with Crippen LogP contribution in [0.4, 0.5) is 0 Å². The average molecular weight is 298 g/mol. The Morgan fingerprint density at radius 1 is 1.15 bits per heavy atom. The highest BCUT2D eigenvalue weighted by molar-refractivity contribution is 7.93. The summed E-state index contributed by atoms with van der Waals surface area (Å²) in [5.74, 6) is -2.08. The molecule has 20 heavy (non-hydrogen) atoms. The summed E-state index contributed by atoms with van der Waals surface area (Å²) in [4.78, 5) is 23.6. The SMILES string of the molecule is CCOC(=O)CS(=O)(=O)C(CC)C(=O)c1ccccc1. The molecule has 0 N–H and O–H groups in total. The molecule has 1 unspecified atom stereocenters. The summed E-state index contributed by atoms with van der Waals surface area (Å²) < 4.78 is 28.9. The summed E-state index contributed by atoms with van der Waals surface area (Å²) in [7, 11) is -3.87. The van der Waals surface area contributed by atoms with Crippen LogP contribution >= 0.6 is 0 Å². The van der Waals surface area contributed by atoms with Crippen molar-refractivity contribution in [3.05, 3.63) is 35.9 Å². The zero-order valence-electron chi connectivity index (χ0n) is 11.5. The Morgan fingerprint density at radius 2 is 1.75 bits per heavy atom. The number of carbonyl (C=O) groups excluding carboxylic acids is 2. The van der Waals surface area contributed by atoms with Gasteiger partial charge in [-0.3, -0.25) is 9.59 Å². The fourth-order valence-electron chi connectivity index (χ4n) is 1.86. The van der Waals surface area contributed by atoms with E-state index >= 15 is 0 Å². The number of carbonyl (C=O) groups is 2. The van der Waals surface area contributed by atoms with E-state index in [1.807, 2.05) is 0 Å². The van der Waals surface area contributed by atoms with Crippen molar-refractivity contribution < 1.29 is 22.7 Å². The van der Waals surface area contributed by atoms with Gasteiger partial charge in [-0.25, -0.2) is 8.42 Å². The summed E-state index contributed by atoms with van der Waals surface area (Å²) in [6, 6.07) is 8.19. The van der Waals surface area contributed by atoms with Crippen LogP contribution in [0.3, 0.4) is 0 Å². The molecule has 1 rings (SSSR count). The van der Waals surface area contributed by atoms with Crippen molar-refractivity contribution in [3.63, 3.8) is 0 Å². The van der Waals surface area contributed by atoms with Crippen LogP contribution in [0.1, 0.15) is 30.6 Å². The molecule has 0 fully saturated rings. The van der Waals surface area contributed by atoms with Crippen molar-refractivity contribution >= 4 is 21.6 Å². The van der Waals surface area contributed by atoms with Crippen LogP contribution in [0.15, 0.2) is 30.3 Å². The Kier molecular flexibility index (Phi) is 5.88. The minimum atomic E-state index is -3.87. The number of hydrogen-bond donors (Lipinski definition) is 0. The van der Waals surface area contributed by atoms with E-state index in [1.54, 1.807) is 44.2 Å². The number of sulfone groups is 1. The molecule has 1 atom stereocenters. The van der Waals surface area contributed by atoms with Crippen molar-refractivity contribution in [2.24, 2.45) is 0 Å². The normalized spacial score (nSPS) is 12.7. The molecule has 0 amide bonds. The van der Waals surface area contributed by atoms with Crippen LogP contribution in [0.2, 0.25) is 0 Å². The molecule has 110 valence electrons. The number of hydrogen-bond acceptors (Lipinski definition) is 5. The maximum atomic E-state index is 12.2. The molecule has 0 radical (unpaired) electrons. The van der Waals surface area contributed by atoms with Gasteiger partial charge in [-0.15, -0.1) is 0 Å². The summed E-state index contributed by atoms with van der Waals surface area (Å²) in [5.41, 5.74) is 0.326. The molecule has 0 spiro atoms. The first-order valence-electron chi connectivity index (χ1n) is 6.38.